The molecule has 0 aliphatic carbocycles. The SMILES string of the molecule is CCOc1cc(C2C(C#N)=C(N)Oc3cc(OC(=O)COc4ccc(Cl)c(C)c4)ccc32)ccc1OCc1ccc(C)cc1. The van der Waals surface area contributed by atoms with Crippen LogP contribution in [0.25, 0.3) is 0 Å². The van der Waals surface area contributed by atoms with Gasteiger partial charge in [0.15, 0.2) is 18.1 Å². The van der Waals surface area contributed by atoms with E-state index in [0.717, 1.165) is 16.7 Å². The Morgan fingerprint density at radius 2 is 1.70 bits per heavy atom. The number of aryl methyl sites for hydroxylation is 2. The fraction of sp³-hybridized carbons (Fsp3) is 0.200. The lowest BCUT2D eigenvalue weighted by molar-refractivity contribution is -0.136. The topological polar surface area (TPSA) is 113 Å². The molecule has 1 heterocycles. The summed E-state index contributed by atoms with van der Waals surface area (Å²) in [5.41, 5.74) is 10.9. The van der Waals surface area contributed by atoms with Crippen molar-refractivity contribution >= 4 is 17.6 Å². The first-order chi connectivity index (χ1) is 21.2. The molecule has 0 radical (unpaired) electrons. The van der Waals surface area contributed by atoms with Gasteiger partial charge in [-0.15, -0.1) is 0 Å². The highest BCUT2D eigenvalue weighted by Gasteiger charge is 2.32. The second-order valence-electron chi connectivity index (χ2n) is 10.2. The third kappa shape index (κ3) is 6.91. The zero-order chi connectivity index (χ0) is 31.2. The summed E-state index contributed by atoms with van der Waals surface area (Å²) in [6.07, 6.45) is 0. The van der Waals surface area contributed by atoms with E-state index in [4.69, 9.17) is 41.0 Å². The molecule has 0 amide bonds. The molecule has 0 bridgehead atoms. The summed E-state index contributed by atoms with van der Waals surface area (Å²) < 4.78 is 28.9. The lowest BCUT2D eigenvalue weighted by Crippen LogP contribution is -2.22. The Hall–Kier alpha value is -5.13. The van der Waals surface area contributed by atoms with E-state index in [1.165, 1.54) is 5.56 Å². The van der Waals surface area contributed by atoms with Gasteiger partial charge in [-0.3, -0.25) is 0 Å². The Labute approximate surface area is 261 Å². The van der Waals surface area contributed by atoms with Gasteiger partial charge < -0.3 is 29.4 Å². The minimum Gasteiger partial charge on any atom is -0.490 e. The summed E-state index contributed by atoms with van der Waals surface area (Å²) in [4.78, 5) is 12.5. The molecule has 1 aliphatic rings. The van der Waals surface area contributed by atoms with Crippen molar-refractivity contribution in [1.29, 1.82) is 5.26 Å². The van der Waals surface area contributed by atoms with E-state index in [2.05, 4.69) is 6.07 Å². The molecule has 224 valence electrons. The summed E-state index contributed by atoms with van der Waals surface area (Å²) in [5.74, 6) is 1.05. The lowest BCUT2D eigenvalue weighted by atomic mass is 9.83. The number of nitrogens with two attached hydrogens (primary N) is 1. The molecule has 0 spiro atoms. The number of fused-ring (bicyclic) bond motifs is 1. The van der Waals surface area contributed by atoms with E-state index in [9.17, 15) is 10.1 Å². The lowest BCUT2D eigenvalue weighted by Gasteiger charge is -2.27. The second kappa shape index (κ2) is 13.4. The van der Waals surface area contributed by atoms with Crippen LogP contribution >= 0.6 is 11.6 Å². The number of hydrogen-bond donors (Lipinski definition) is 1. The highest BCUT2D eigenvalue weighted by Crippen LogP contribution is 2.45. The number of benzene rings is 4. The maximum atomic E-state index is 12.5. The minimum absolute atomic E-state index is 0.0347. The molecule has 4 aromatic carbocycles. The quantitative estimate of drug-likeness (QED) is 0.149. The summed E-state index contributed by atoms with van der Waals surface area (Å²) in [7, 11) is 0. The number of nitrogens with zero attached hydrogens (tertiary/aromatic N) is 1. The summed E-state index contributed by atoms with van der Waals surface area (Å²) in [5, 5.41) is 10.6. The van der Waals surface area contributed by atoms with Crippen LogP contribution in [0.15, 0.2) is 90.3 Å². The van der Waals surface area contributed by atoms with Crippen LogP contribution in [0.5, 0.6) is 28.7 Å². The second-order valence-corrected chi connectivity index (χ2v) is 10.6. The third-order valence-corrected chi connectivity index (χ3v) is 7.45. The van der Waals surface area contributed by atoms with E-state index in [1.54, 1.807) is 36.4 Å². The number of allylic oxidation sites excluding steroid dienone is 1. The van der Waals surface area contributed by atoms with Crippen molar-refractivity contribution < 1.29 is 28.5 Å². The molecule has 4 aromatic rings. The van der Waals surface area contributed by atoms with Crippen molar-refractivity contribution in [1.82, 2.24) is 0 Å². The van der Waals surface area contributed by atoms with Crippen molar-refractivity contribution in [3.63, 3.8) is 0 Å². The van der Waals surface area contributed by atoms with E-state index in [1.807, 2.05) is 63.2 Å². The van der Waals surface area contributed by atoms with E-state index in [0.29, 0.717) is 46.8 Å². The van der Waals surface area contributed by atoms with Crippen LogP contribution in [0.2, 0.25) is 5.02 Å². The van der Waals surface area contributed by atoms with Crippen molar-refractivity contribution in [2.45, 2.75) is 33.3 Å². The normalized spacial score (nSPS) is 13.8. The van der Waals surface area contributed by atoms with Crippen LogP contribution in [0.1, 0.15) is 40.7 Å². The molecule has 2 N–H and O–H groups in total. The van der Waals surface area contributed by atoms with Crippen LogP contribution in [0.4, 0.5) is 0 Å². The van der Waals surface area contributed by atoms with Gasteiger partial charge in [-0.2, -0.15) is 5.26 Å². The largest absolute Gasteiger partial charge is 0.490 e. The van der Waals surface area contributed by atoms with Gasteiger partial charge in [0, 0.05) is 16.7 Å². The highest BCUT2D eigenvalue weighted by atomic mass is 35.5. The molecule has 1 atom stereocenters. The molecule has 5 rings (SSSR count). The van der Waals surface area contributed by atoms with Crippen LogP contribution in [0.3, 0.4) is 0 Å². The number of esters is 1. The van der Waals surface area contributed by atoms with E-state index >= 15 is 0 Å². The van der Waals surface area contributed by atoms with E-state index in [-0.39, 0.29) is 23.8 Å². The molecule has 0 fully saturated rings. The monoisotopic (exact) mass is 610 g/mol. The number of carbonyl (C=O) groups excluding carboxylic acids is 1. The summed E-state index contributed by atoms with van der Waals surface area (Å²) in [6.45, 7) is 6.27. The number of nitriles is 1. The molecule has 0 saturated carbocycles. The summed E-state index contributed by atoms with van der Waals surface area (Å²) >= 11 is 6.05. The van der Waals surface area contributed by atoms with Crippen LogP contribution in [-0.2, 0) is 11.4 Å². The van der Waals surface area contributed by atoms with Gasteiger partial charge >= 0.3 is 5.97 Å². The average Bonchev–Trinajstić information content (AvgIpc) is 3.01. The predicted octanol–water partition coefficient (Wildman–Crippen LogP) is 7.14. The Morgan fingerprint density at radius 3 is 2.43 bits per heavy atom. The first kappa shape index (κ1) is 30.3. The van der Waals surface area contributed by atoms with Crippen molar-refractivity contribution in [3.05, 3.63) is 123 Å². The number of halogens is 1. The zero-order valence-electron chi connectivity index (χ0n) is 24.6. The van der Waals surface area contributed by atoms with Crippen LogP contribution in [-0.4, -0.2) is 19.2 Å². The first-order valence-electron chi connectivity index (χ1n) is 14.0. The minimum atomic E-state index is -0.603. The van der Waals surface area contributed by atoms with Gasteiger partial charge in [-0.25, -0.2) is 4.79 Å². The first-order valence-corrected chi connectivity index (χ1v) is 14.4. The Morgan fingerprint density at radius 1 is 0.932 bits per heavy atom. The molecule has 1 unspecified atom stereocenters. The molecule has 8 nitrogen and oxygen atoms in total. The van der Waals surface area contributed by atoms with Gasteiger partial charge in [0.05, 0.1) is 12.5 Å². The molecule has 44 heavy (non-hydrogen) atoms. The molecular formula is C35H31ClN2O6. The Bertz CT molecular complexity index is 1760. The maximum absolute atomic E-state index is 12.5. The molecule has 0 aromatic heterocycles. The van der Waals surface area contributed by atoms with Gasteiger partial charge in [0.2, 0.25) is 5.88 Å². The fourth-order valence-corrected chi connectivity index (χ4v) is 4.91. The molecule has 0 saturated heterocycles. The van der Waals surface area contributed by atoms with Crippen molar-refractivity contribution in [2.75, 3.05) is 13.2 Å². The predicted molar refractivity (Wildman–Crippen MR) is 166 cm³/mol. The molecular weight excluding hydrogens is 580 g/mol. The van der Waals surface area contributed by atoms with Crippen molar-refractivity contribution in [3.8, 4) is 34.8 Å². The van der Waals surface area contributed by atoms with Gasteiger partial charge in [0.25, 0.3) is 0 Å². The number of carbonyl (C=O) groups is 1. The number of rotatable bonds is 10. The third-order valence-electron chi connectivity index (χ3n) is 7.02. The van der Waals surface area contributed by atoms with Crippen molar-refractivity contribution in [2.24, 2.45) is 5.73 Å². The van der Waals surface area contributed by atoms with Gasteiger partial charge in [-0.05, 0) is 73.9 Å². The standard InChI is InChI=1S/C35H31ClN2O6/c1-4-40-32-16-24(9-14-30(32)42-19-23-7-5-21(2)6-8-23)34-27-12-10-26(17-31(27)44-35(38)28(34)18-37)43-33(39)20-41-25-11-13-29(36)22(3)15-25/h5-17,34H,4,19-20,38H2,1-3H3. The van der Waals surface area contributed by atoms with Crippen LogP contribution in [0, 0.1) is 25.2 Å². The smallest absolute Gasteiger partial charge is 0.349 e. The fourth-order valence-electron chi connectivity index (χ4n) is 4.79. The summed E-state index contributed by atoms with van der Waals surface area (Å²) in [6, 6.07) is 25.9. The van der Waals surface area contributed by atoms with Gasteiger partial charge in [-0.1, -0.05) is 53.6 Å². The van der Waals surface area contributed by atoms with E-state index < -0.39 is 11.9 Å². The number of hydrogen-bond acceptors (Lipinski definition) is 8. The maximum Gasteiger partial charge on any atom is 0.349 e. The molecule has 1 aliphatic heterocycles. The number of ether oxygens (including phenoxy) is 5. The Kier molecular flexibility index (Phi) is 9.27. The highest BCUT2D eigenvalue weighted by molar-refractivity contribution is 6.31. The zero-order valence-corrected chi connectivity index (χ0v) is 25.3. The Balaban J connectivity index is 1.36. The van der Waals surface area contributed by atoms with Gasteiger partial charge in [0.1, 0.15) is 35.5 Å². The average molecular weight is 611 g/mol. The molecule has 9 heteroatoms. The van der Waals surface area contributed by atoms with Crippen LogP contribution < -0.4 is 29.4 Å².